The summed E-state index contributed by atoms with van der Waals surface area (Å²) in [5.74, 6) is 1.93. The highest BCUT2D eigenvalue weighted by molar-refractivity contribution is 5.99. The van der Waals surface area contributed by atoms with Crippen molar-refractivity contribution in [2.45, 2.75) is 33.6 Å². The monoisotopic (exact) mass is 232 g/mol. The van der Waals surface area contributed by atoms with Crippen LogP contribution < -0.4 is 4.74 Å². The summed E-state index contributed by atoms with van der Waals surface area (Å²) in [6.07, 6.45) is 2.42. The maximum Gasteiger partial charge on any atom is 0.166 e. The molecule has 0 amide bonds. The number of benzene rings is 1. The van der Waals surface area contributed by atoms with E-state index in [1.165, 1.54) is 12.8 Å². The van der Waals surface area contributed by atoms with Gasteiger partial charge in [0.25, 0.3) is 0 Å². The smallest absolute Gasteiger partial charge is 0.166 e. The topological polar surface area (TPSA) is 26.3 Å². The van der Waals surface area contributed by atoms with Crippen LogP contribution in [0.25, 0.3) is 0 Å². The van der Waals surface area contributed by atoms with Gasteiger partial charge in [0.1, 0.15) is 5.75 Å². The molecule has 1 fully saturated rings. The Bertz CT molecular complexity index is 444. The summed E-state index contributed by atoms with van der Waals surface area (Å²) in [6, 6.07) is 3.93. The molecule has 92 valence electrons. The molecular weight excluding hydrogens is 212 g/mol. The van der Waals surface area contributed by atoms with Gasteiger partial charge in [0.2, 0.25) is 0 Å². The second kappa shape index (κ2) is 4.52. The van der Waals surface area contributed by atoms with Gasteiger partial charge in [-0.2, -0.15) is 0 Å². The number of carbonyl (C=O) groups is 1. The van der Waals surface area contributed by atoms with Crippen LogP contribution in [-0.4, -0.2) is 12.9 Å². The summed E-state index contributed by atoms with van der Waals surface area (Å²) < 4.78 is 5.27. The van der Waals surface area contributed by atoms with Gasteiger partial charge in [-0.15, -0.1) is 0 Å². The lowest BCUT2D eigenvalue weighted by molar-refractivity contribution is 0.0915. The zero-order valence-corrected chi connectivity index (χ0v) is 11.0. The number of methoxy groups -OCH3 is 1. The Hall–Kier alpha value is -1.31. The molecule has 0 radical (unpaired) electrons. The van der Waals surface area contributed by atoms with E-state index in [-0.39, 0.29) is 11.7 Å². The molecule has 0 aliphatic heterocycles. The average Bonchev–Trinajstić information content (AvgIpc) is 3.13. The minimum Gasteiger partial charge on any atom is -0.496 e. The third kappa shape index (κ3) is 2.36. The van der Waals surface area contributed by atoms with Crippen molar-refractivity contribution in [2.24, 2.45) is 11.8 Å². The van der Waals surface area contributed by atoms with Gasteiger partial charge in [-0.25, -0.2) is 0 Å². The summed E-state index contributed by atoms with van der Waals surface area (Å²) in [5, 5.41) is 0. The van der Waals surface area contributed by atoms with Gasteiger partial charge in [-0.3, -0.25) is 4.79 Å². The van der Waals surface area contributed by atoms with Crippen LogP contribution in [0.1, 0.15) is 41.3 Å². The lowest BCUT2D eigenvalue weighted by Gasteiger charge is -2.14. The molecule has 2 heteroatoms. The Morgan fingerprint density at radius 2 is 1.94 bits per heavy atom. The molecule has 0 heterocycles. The molecular formula is C15H20O2. The summed E-state index contributed by atoms with van der Waals surface area (Å²) in [5.41, 5.74) is 2.91. The molecule has 1 unspecified atom stereocenters. The van der Waals surface area contributed by atoms with Crippen LogP contribution in [0, 0.1) is 25.7 Å². The zero-order valence-electron chi connectivity index (χ0n) is 11.0. The fourth-order valence-corrected chi connectivity index (χ4v) is 2.33. The van der Waals surface area contributed by atoms with E-state index in [0.29, 0.717) is 5.92 Å². The first-order chi connectivity index (χ1) is 8.04. The number of Topliss-reactive ketones (excluding diaryl/α,β-unsaturated/α-hetero) is 1. The van der Waals surface area contributed by atoms with Gasteiger partial charge in [-0.05, 0) is 55.9 Å². The maximum absolute atomic E-state index is 12.4. The highest BCUT2D eigenvalue weighted by Gasteiger charge is 2.33. The second-order valence-corrected chi connectivity index (χ2v) is 5.13. The van der Waals surface area contributed by atoms with Gasteiger partial charge in [-0.1, -0.05) is 6.92 Å². The molecule has 1 aromatic rings. The van der Waals surface area contributed by atoms with Crippen LogP contribution in [0.5, 0.6) is 5.75 Å². The third-order valence-corrected chi connectivity index (χ3v) is 3.75. The molecule has 1 aliphatic carbocycles. The van der Waals surface area contributed by atoms with Crippen LogP contribution in [0.2, 0.25) is 0 Å². The number of ether oxygens (including phenoxy) is 1. The largest absolute Gasteiger partial charge is 0.496 e. The van der Waals surface area contributed by atoms with Crippen molar-refractivity contribution in [2.75, 3.05) is 7.11 Å². The highest BCUT2D eigenvalue weighted by atomic mass is 16.5. The number of hydrogen-bond acceptors (Lipinski definition) is 2. The van der Waals surface area contributed by atoms with E-state index < -0.39 is 0 Å². The molecule has 0 N–H and O–H groups in total. The molecule has 0 spiro atoms. The fourth-order valence-electron chi connectivity index (χ4n) is 2.33. The third-order valence-electron chi connectivity index (χ3n) is 3.75. The average molecular weight is 232 g/mol. The zero-order chi connectivity index (χ0) is 12.6. The van der Waals surface area contributed by atoms with Crippen LogP contribution in [0.4, 0.5) is 0 Å². The van der Waals surface area contributed by atoms with E-state index >= 15 is 0 Å². The summed E-state index contributed by atoms with van der Waals surface area (Å²) in [6.45, 7) is 6.02. The van der Waals surface area contributed by atoms with E-state index in [1.54, 1.807) is 7.11 Å². The van der Waals surface area contributed by atoms with Crippen molar-refractivity contribution in [3.63, 3.8) is 0 Å². The van der Waals surface area contributed by atoms with E-state index in [2.05, 4.69) is 6.92 Å². The number of aryl methyl sites for hydroxylation is 2. The van der Waals surface area contributed by atoms with Gasteiger partial charge in [0, 0.05) is 11.5 Å². The molecule has 0 saturated heterocycles. The van der Waals surface area contributed by atoms with E-state index in [0.717, 1.165) is 22.4 Å². The van der Waals surface area contributed by atoms with Crippen molar-refractivity contribution < 1.29 is 9.53 Å². The number of ketones is 1. The maximum atomic E-state index is 12.4. The predicted octanol–water partition coefficient (Wildman–Crippen LogP) is 3.54. The van der Waals surface area contributed by atoms with Gasteiger partial charge < -0.3 is 4.74 Å². The highest BCUT2D eigenvalue weighted by Crippen LogP contribution is 2.38. The van der Waals surface area contributed by atoms with Crippen molar-refractivity contribution >= 4 is 5.78 Å². The van der Waals surface area contributed by atoms with Gasteiger partial charge >= 0.3 is 0 Å². The fraction of sp³-hybridized carbons (Fsp3) is 0.533. The lowest BCUT2D eigenvalue weighted by Crippen LogP contribution is -2.15. The molecule has 2 nitrogen and oxygen atoms in total. The minimum atomic E-state index is 0.168. The molecule has 0 aromatic heterocycles. The van der Waals surface area contributed by atoms with Crippen LogP contribution >= 0.6 is 0 Å². The molecule has 1 atom stereocenters. The van der Waals surface area contributed by atoms with Crippen molar-refractivity contribution in [1.82, 2.24) is 0 Å². The van der Waals surface area contributed by atoms with Crippen molar-refractivity contribution in [3.8, 4) is 5.75 Å². The van der Waals surface area contributed by atoms with Crippen LogP contribution in [0.3, 0.4) is 0 Å². The minimum absolute atomic E-state index is 0.168. The molecule has 1 aliphatic rings. The summed E-state index contributed by atoms with van der Waals surface area (Å²) >= 11 is 0. The standard InChI is InChI=1S/C15H20O2/c1-9-8-14(17-4)10(2)7-13(9)15(16)11(3)12-5-6-12/h7-8,11-12H,5-6H2,1-4H3. The normalized spacial score (nSPS) is 16.7. The van der Waals surface area contributed by atoms with Crippen LogP contribution in [-0.2, 0) is 0 Å². The molecule has 1 aromatic carbocycles. The Morgan fingerprint density at radius 3 is 2.47 bits per heavy atom. The molecule has 0 bridgehead atoms. The SMILES string of the molecule is COc1cc(C)c(C(=O)C(C)C2CC2)cc1C. The summed E-state index contributed by atoms with van der Waals surface area (Å²) in [4.78, 5) is 12.4. The Kier molecular flexibility index (Phi) is 3.23. The second-order valence-electron chi connectivity index (χ2n) is 5.13. The molecule has 2 rings (SSSR count). The van der Waals surface area contributed by atoms with Crippen molar-refractivity contribution in [1.29, 1.82) is 0 Å². The van der Waals surface area contributed by atoms with Gasteiger partial charge in [0.15, 0.2) is 5.78 Å². The van der Waals surface area contributed by atoms with E-state index in [1.807, 2.05) is 26.0 Å². The Balaban J connectivity index is 2.31. The Labute approximate surface area is 103 Å². The predicted molar refractivity (Wildman–Crippen MR) is 68.7 cm³/mol. The quantitative estimate of drug-likeness (QED) is 0.742. The Morgan fingerprint density at radius 1 is 1.29 bits per heavy atom. The number of rotatable bonds is 4. The number of hydrogen-bond donors (Lipinski definition) is 0. The van der Waals surface area contributed by atoms with E-state index in [9.17, 15) is 4.79 Å². The van der Waals surface area contributed by atoms with Gasteiger partial charge in [0.05, 0.1) is 7.11 Å². The molecule has 1 saturated carbocycles. The molecule has 17 heavy (non-hydrogen) atoms. The van der Waals surface area contributed by atoms with Crippen LogP contribution in [0.15, 0.2) is 12.1 Å². The summed E-state index contributed by atoms with van der Waals surface area (Å²) in [7, 11) is 1.66. The first-order valence-electron chi connectivity index (χ1n) is 6.24. The first-order valence-corrected chi connectivity index (χ1v) is 6.24. The lowest BCUT2D eigenvalue weighted by atomic mass is 9.91. The van der Waals surface area contributed by atoms with E-state index in [4.69, 9.17) is 4.74 Å². The number of carbonyl (C=O) groups excluding carboxylic acids is 1. The van der Waals surface area contributed by atoms with Crippen molar-refractivity contribution in [3.05, 3.63) is 28.8 Å². The first kappa shape index (κ1) is 12.2.